The van der Waals surface area contributed by atoms with Crippen molar-refractivity contribution in [1.29, 1.82) is 0 Å². The minimum atomic E-state index is -0.274. The number of benzene rings is 2. The number of nitrogens with one attached hydrogen (secondary N) is 1. The van der Waals surface area contributed by atoms with Crippen LogP contribution in [0.15, 0.2) is 48.9 Å². The van der Waals surface area contributed by atoms with E-state index in [1.54, 1.807) is 23.8 Å². The minimum Gasteiger partial charge on any atom is -0.497 e. The quantitative estimate of drug-likeness (QED) is 0.388. The second-order valence-corrected chi connectivity index (χ2v) is 7.30. The molecule has 0 amide bonds. The van der Waals surface area contributed by atoms with Gasteiger partial charge in [-0.05, 0) is 36.4 Å². The molecule has 0 saturated carbocycles. The molecule has 10 heteroatoms. The second kappa shape index (κ2) is 9.19. The largest absolute Gasteiger partial charge is 0.497 e. The van der Waals surface area contributed by atoms with E-state index in [0.29, 0.717) is 49.1 Å². The predicted molar refractivity (Wildman–Crippen MR) is 118 cm³/mol. The number of anilines is 1. The van der Waals surface area contributed by atoms with E-state index in [-0.39, 0.29) is 12.4 Å². The molecule has 1 aliphatic heterocycles. The molecule has 1 N–H and O–H groups in total. The maximum absolute atomic E-state index is 14.4. The Labute approximate surface area is 189 Å². The number of fused-ring (bicyclic) bond motifs is 2. The molecule has 0 bridgehead atoms. The molecule has 0 radical (unpaired) electrons. The zero-order valence-corrected chi connectivity index (χ0v) is 18.0. The van der Waals surface area contributed by atoms with Crippen molar-refractivity contribution in [1.82, 2.24) is 19.6 Å². The fraction of sp³-hybridized carbons (Fsp3) is 0.261. The molecule has 2 aromatic carbocycles. The Morgan fingerprint density at radius 1 is 1.09 bits per heavy atom. The summed E-state index contributed by atoms with van der Waals surface area (Å²) >= 11 is 0. The monoisotopic (exact) mass is 451 g/mol. The standard InChI is InChI=1S/C23H22FN5O4/c1-30-15-2-4-16(5-3-15)31-10-11-33-21-13-26-23(29-14-27-28-22(21)29)25-12-18-17-8-9-32-20(17)7-6-19(18)24/h2-7,13-14H,8-12H2,1H3,(H,25,26). The van der Waals surface area contributed by atoms with Crippen molar-refractivity contribution in [3.63, 3.8) is 0 Å². The highest BCUT2D eigenvalue weighted by atomic mass is 19.1. The van der Waals surface area contributed by atoms with Crippen LogP contribution in [0, 0.1) is 5.82 Å². The number of nitrogens with zero attached hydrogens (tertiary/aromatic N) is 4. The summed E-state index contributed by atoms with van der Waals surface area (Å²) in [6.45, 7) is 1.46. The first-order valence-electron chi connectivity index (χ1n) is 10.5. The van der Waals surface area contributed by atoms with Gasteiger partial charge in [0, 0.05) is 24.1 Å². The SMILES string of the molecule is COc1ccc(OCCOc2cnc(NCc3c(F)ccc4c3CCO4)n3cnnc23)cc1. The van der Waals surface area contributed by atoms with Crippen molar-refractivity contribution in [2.75, 3.05) is 32.2 Å². The molecule has 4 aromatic rings. The highest BCUT2D eigenvalue weighted by Crippen LogP contribution is 2.30. The van der Waals surface area contributed by atoms with Crippen LogP contribution in [-0.2, 0) is 13.0 Å². The van der Waals surface area contributed by atoms with Crippen LogP contribution in [0.5, 0.6) is 23.0 Å². The lowest BCUT2D eigenvalue weighted by molar-refractivity contribution is 0.217. The zero-order chi connectivity index (χ0) is 22.6. The van der Waals surface area contributed by atoms with E-state index in [9.17, 15) is 4.39 Å². The Kier molecular flexibility index (Phi) is 5.79. The molecule has 2 aromatic heterocycles. The molecule has 0 aliphatic carbocycles. The third-order valence-electron chi connectivity index (χ3n) is 5.33. The fourth-order valence-electron chi connectivity index (χ4n) is 3.69. The fourth-order valence-corrected chi connectivity index (χ4v) is 3.69. The summed E-state index contributed by atoms with van der Waals surface area (Å²) in [5.74, 6) is 2.89. The van der Waals surface area contributed by atoms with Crippen molar-refractivity contribution < 1.29 is 23.3 Å². The molecule has 1 aliphatic rings. The molecular weight excluding hydrogens is 429 g/mol. The van der Waals surface area contributed by atoms with E-state index in [1.165, 1.54) is 12.4 Å². The Hall–Kier alpha value is -4.08. The first kappa shape index (κ1) is 20.8. The Balaban J connectivity index is 1.23. The highest BCUT2D eigenvalue weighted by Gasteiger charge is 2.20. The van der Waals surface area contributed by atoms with Crippen LogP contribution in [-0.4, -0.2) is 46.5 Å². The van der Waals surface area contributed by atoms with E-state index in [1.807, 2.05) is 24.3 Å². The molecule has 170 valence electrons. The number of hydrogen-bond donors (Lipinski definition) is 1. The zero-order valence-electron chi connectivity index (χ0n) is 18.0. The van der Waals surface area contributed by atoms with Gasteiger partial charge in [0.25, 0.3) is 0 Å². The lowest BCUT2D eigenvalue weighted by atomic mass is 10.0. The number of halogens is 1. The maximum atomic E-state index is 14.4. The summed E-state index contributed by atoms with van der Waals surface area (Å²) in [7, 11) is 1.62. The smallest absolute Gasteiger partial charge is 0.210 e. The van der Waals surface area contributed by atoms with Crippen LogP contribution in [0.2, 0.25) is 0 Å². The lowest BCUT2D eigenvalue weighted by Crippen LogP contribution is -2.12. The summed E-state index contributed by atoms with van der Waals surface area (Å²) in [4.78, 5) is 4.41. The summed E-state index contributed by atoms with van der Waals surface area (Å²) in [5.41, 5.74) is 1.96. The lowest BCUT2D eigenvalue weighted by Gasteiger charge is -2.13. The van der Waals surface area contributed by atoms with Gasteiger partial charge in [0.1, 0.15) is 42.6 Å². The summed E-state index contributed by atoms with van der Waals surface area (Å²) in [5, 5.41) is 11.3. The van der Waals surface area contributed by atoms with Crippen LogP contribution in [0.3, 0.4) is 0 Å². The average molecular weight is 451 g/mol. The van der Waals surface area contributed by atoms with Crippen molar-refractivity contribution in [2.24, 2.45) is 0 Å². The van der Waals surface area contributed by atoms with Crippen molar-refractivity contribution in [3.05, 3.63) is 65.9 Å². The normalized spacial score (nSPS) is 12.3. The van der Waals surface area contributed by atoms with Crippen LogP contribution < -0.4 is 24.3 Å². The van der Waals surface area contributed by atoms with Crippen molar-refractivity contribution in [2.45, 2.75) is 13.0 Å². The Morgan fingerprint density at radius 3 is 2.76 bits per heavy atom. The third kappa shape index (κ3) is 4.32. The topological polar surface area (TPSA) is 92.0 Å². The average Bonchev–Trinajstić information content (AvgIpc) is 3.52. The molecule has 0 fully saturated rings. The van der Waals surface area contributed by atoms with Crippen LogP contribution in [0.4, 0.5) is 10.3 Å². The van der Waals surface area contributed by atoms with Gasteiger partial charge in [0.2, 0.25) is 11.6 Å². The van der Waals surface area contributed by atoms with Gasteiger partial charge in [-0.25, -0.2) is 13.8 Å². The number of rotatable bonds is 9. The van der Waals surface area contributed by atoms with E-state index in [0.717, 1.165) is 22.8 Å². The predicted octanol–water partition coefficient (Wildman–Crippen LogP) is 3.28. The van der Waals surface area contributed by atoms with E-state index >= 15 is 0 Å². The van der Waals surface area contributed by atoms with E-state index in [2.05, 4.69) is 20.5 Å². The number of hydrogen-bond acceptors (Lipinski definition) is 8. The van der Waals surface area contributed by atoms with Crippen LogP contribution >= 0.6 is 0 Å². The first-order valence-corrected chi connectivity index (χ1v) is 10.5. The first-order chi connectivity index (χ1) is 16.2. The molecule has 0 saturated heterocycles. The van der Waals surface area contributed by atoms with Gasteiger partial charge in [-0.2, -0.15) is 0 Å². The molecule has 0 atom stereocenters. The van der Waals surface area contributed by atoms with Gasteiger partial charge in [0.15, 0.2) is 5.75 Å². The molecule has 9 nitrogen and oxygen atoms in total. The van der Waals surface area contributed by atoms with Crippen molar-refractivity contribution >= 4 is 11.6 Å². The highest BCUT2D eigenvalue weighted by molar-refractivity contribution is 5.56. The van der Waals surface area contributed by atoms with Crippen LogP contribution in [0.25, 0.3) is 5.65 Å². The van der Waals surface area contributed by atoms with E-state index in [4.69, 9.17) is 18.9 Å². The molecule has 0 spiro atoms. The Morgan fingerprint density at radius 2 is 1.91 bits per heavy atom. The molecular formula is C23H22FN5O4. The number of aromatic nitrogens is 4. The van der Waals surface area contributed by atoms with Crippen LogP contribution in [0.1, 0.15) is 11.1 Å². The third-order valence-corrected chi connectivity index (χ3v) is 5.33. The number of ether oxygens (including phenoxy) is 4. The van der Waals surface area contributed by atoms with Gasteiger partial charge in [-0.1, -0.05) is 0 Å². The summed E-state index contributed by atoms with van der Waals surface area (Å²) in [6.07, 6.45) is 3.78. The van der Waals surface area contributed by atoms with Crippen molar-refractivity contribution in [3.8, 4) is 23.0 Å². The second-order valence-electron chi connectivity index (χ2n) is 7.30. The van der Waals surface area contributed by atoms with E-state index < -0.39 is 0 Å². The Bertz CT molecular complexity index is 1260. The minimum absolute atomic E-state index is 0.258. The van der Waals surface area contributed by atoms with Gasteiger partial charge in [-0.3, -0.25) is 0 Å². The molecule has 33 heavy (non-hydrogen) atoms. The van der Waals surface area contributed by atoms with Gasteiger partial charge >= 0.3 is 0 Å². The van der Waals surface area contributed by atoms with Gasteiger partial charge in [0.05, 0.1) is 19.9 Å². The molecule has 5 rings (SSSR count). The number of methoxy groups -OCH3 is 1. The van der Waals surface area contributed by atoms with Gasteiger partial charge < -0.3 is 24.3 Å². The summed E-state index contributed by atoms with van der Waals surface area (Å²) in [6, 6.07) is 10.4. The maximum Gasteiger partial charge on any atom is 0.210 e. The molecule has 0 unspecified atom stereocenters. The molecule has 3 heterocycles. The van der Waals surface area contributed by atoms with Gasteiger partial charge in [-0.15, -0.1) is 10.2 Å². The summed E-state index contributed by atoms with van der Waals surface area (Å²) < 4.78 is 38.2.